The molecule has 0 spiro atoms. The molecule has 0 aromatic heterocycles. The Morgan fingerprint density at radius 2 is 1.53 bits per heavy atom. The van der Waals surface area contributed by atoms with Crippen molar-refractivity contribution in [1.82, 2.24) is 10.2 Å². The van der Waals surface area contributed by atoms with E-state index in [0.717, 1.165) is 56.0 Å². The summed E-state index contributed by atoms with van der Waals surface area (Å²) in [4.78, 5) is 53.2. The van der Waals surface area contributed by atoms with Crippen LogP contribution in [0.4, 0.5) is 5.69 Å². The summed E-state index contributed by atoms with van der Waals surface area (Å²) in [7, 11) is 0. The third-order valence-corrected chi connectivity index (χ3v) is 6.66. The largest absolute Gasteiger partial charge is 0.356 e. The van der Waals surface area contributed by atoms with Gasteiger partial charge in [0, 0.05) is 55.4 Å². The van der Waals surface area contributed by atoms with Gasteiger partial charge in [-0.25, -0.2) is 0 Å². The Morgan fingerprint density at radius 3 is 2.22 bits per heavy atom. The Balaban J connectivity index is 1.75. The van der Waals surface area contributed by atoms with Gasteiger partial charge < -0.3 is 16.0 Å². The monoisotopic (exact) mass is 494 g/mol. The minimum absolute atomic E-state index is 0.0376. The van der Waals surface area contributed by atoms with Gasteiger partial charge in [0.05, 0.1) is 5.69 Å². The number of amides is 4. The molecule has 0 aliphatic carbocycles. The zero-order chi connectivity index (χ0) is 26.1. The molecule has 4 amide bonds. The van der Waals surface area contributed by atoms with Crippen LogP contribution in [0.3, 0.4) is 0 Å². The number of hydrogen-bond donors (Lipinski definition) is 2. The fraction of sp³-hybridized carbons (Fsp3) is 0.500. The minimum Gasteiger partial charge on any atom is -0.356 e. The van der Waals surface area contributed by atoms with Crippen LogP contribution in [0, 0.1) is 0 Å². The summed E-state index contributed by atoms with van der Waals surface area (Å²) in [6.45, 7) is 5.29. The zero-order valence-corrected chi connectivity index (χ0v) is 21.5. The molecule has 0 bridgehead atoms. The van der Waals surface area contributed by atoms with Crippen LogP contribution in [-0.4, -0.2) is 54.7 Å². The number of anilines is 1. The van der Waals surface area contributed by atoms with Gasteiger partial charge in [-0.15, -0.1) is 0 Å². The van der Waals surface area contributed by atoms with E-state index in [4.69, 9.17) is 5.73 Å². The summed E-state index contributed by atoms with van der Waals surface area (Å²) in [5.74, 6) is -0.679. The lowest BCUT2D eigenvalue weighted by molar-refractivity contribution is -0.119. The van der Waals surface area contributed by atoms with E-state index in [2.05, 4.69) is 5.32 Å². The zero-order valence-electron chi connectivity index (χ0n) is 21.5. The predicted molar refractivity (Wildman–Crippen MR) is 142 cm³/mol. The van der Waals surface area contributed by atoms with E-state index in [0.29, 0.717) is 49.1 Å². The average Bonchev–Trinajstić information content (AvgIpc) is 2.85. The van der Waals surface area contributed by atoms with Gasteiger partial charge in [-0.3, -0.25) is 24.1 Å². The number of nitrogens with one attached hydrogen (secondary N) is 1. The van der Waals surface area contributed by atoms with Crippen LogP contribution in [0.25, 0.3) is 10.8 Å². The molecule has 2 aromatic carbocycles. The van der Waals surface area contributed by atoms with E-state index >= 15 is 0 Å². The first-order chi connectivity index (χ1) is 17.4. The maximum absolute atomic E-state index is 13.3. The first kappa shape index (κ1) is 27.3. The second-order valence-electron chi connectivity index (χ2n) is 9.39. The molecule has 8 nitrogen and oxygen atoms in total. The maximum Gasteiger partial charge on any atom is 0.261 e. The average molecular weight is 495 g/mol. The van der Waals surface area contributed by atoms with Crippen molar-refractivity contribution in [2.24, 2.45) is 5.73 Å². The summed E-state index contributed by atoms with van der Waals surface area (Å²) < 4.78 is 0. The second-order valence-corrected chi connectivity index (χ2v) is 9.39. The standard InChI is InChI=1S/C28H38N4O4/c1-20(33)30-17-8-4-6-10-19-32-27(35)23-13-11-12-22-25(15-14-24(26(22)23)28(32)36)31(21(2)34)18-9-5-3-7-16-29/h11-15H,3-10,16-19,29H2,1-2H3,(H,30,33). The fourth-order valence-electron chi connectivity index (χ4n) is 4.80. The summed E-state index contributed by atoms with van der Waals surface area (Å²) in [6, 6.07) is 9.04. The lowest BCUT2D eigenvalue weighted by Crippen LogP contribution is -2.41. The fourth-order valence-corrected chi connectivity index (χ4v) is 4.80. The molecule has 0 atom stereocenters. The third kappa shape index (κ3) is 6.49. The van der Waals surface area contributed by atoms with Gasteiger partial charge in [0.15, 0.2) is 0 Å². The number of hydrogen-bond acceptors (Lipinski definition) is 5. The van der Waals surface area contributed by atoms with E-state index in [-0.39, 0.29) is 23.6 Å². The Hall–Kier alpha value is -3.26. The lowest BCUT2D eigenvalue weighted by Gasteiger charge is -2.29. The van der Waals surface area contributed by atoms with Crippen LogP contribution in [0.5, 0.6) is 0 Å². The normalized spacial score (nSPS) is 12.8. The number of carbonyl (C=O) groups excluding carboxylic acids is 4. The van der Waals surface area contributed by atoms with Crippen molar-refractivity contribution in [3.63, 3.8) is 0 Å². The van der Waals surface area contributed by atoms with Gasteiger partial charge in [-0.1, -0.05) is 37.8 Å². The smallest absolute Gasteiger partial charge is 0.261 e. The number of unbranched alkanes of at least 4 members (excludes halogenated alkanes) is 6. The summed E-state index contributed by atoms with van der Waals surface area (Å²) in [6.07, 6.45) is 7.21. The van der Waals surface area contributed by atoms with Crippen molar-refractivity contribution in [3.8, 4) is 0 Å². The van der Waals surface area contributed by atoms with Gasteiger partial charge in [-0.05, 0) is 50.4 Å². The second kappa shape index (κ2) is 13.2. The van der Waals surface area contributed by atoms with E-state index in [1.807, 2.05) is 18.2 Å². The van der Waals surface area contributed by atoms with E-state index in [1.54, 1.807) is 24.0 Å². The number of carbonyl (C=O) groups is 4. The van der Waals surface area contributed by atoms with Gasteiger partial charge in [0.25, 0.3) is 11.8 Å². The van der Waals surface area contributed by atoms with Crippen LogP contribution in [0.2, 0.25) is 0 Å². The first-order valence-electron chi connectivity index (χ1n) is 13.0. The summed E-state index contributed by atoms with van der Waals surface area (Å²) >= 11 is 0. The molecule has 0 fully saturated rings. The highest BCUT2D eigenvalue weighted by molar-refractivity contribution is 6.27. The van der Waals surface area contributed by atoms with Gasteiger partial charge in [-0.2, -0.15) is 0 Å². The molecule has 194 valence electrons. The Morgan fingerprint density at radius 1 is 0.861 bits per heavy atom. The van der Waals surface area contributed by atoms with Crippen molar-refractivity contribution in [3.05, 3.63) is 41.5 Å². The number of nitrogens with zero attached hydrogens (tertiary/aromatic N) is 2. The number of imide groups is 1. The maximum atomic E-state index is 13.3. The van der Waals surface area contributed by atoms with Crippen molar-refractivity contribution in [1.29, 1.82) is 0 Å². The molecule has 0 saturated heterocycles. The molecule has 1 aliphatic heterocycles. The Bertz CT molecular complexity index is 1090. The molecule has 2 aromatic rings. The van der Waals surface area contributed by atoms with Gasteiger partial charge >= 0.3 is 0 Å². The summed E-state index contributed by atoms with van der Waals surface area (Å²) in [5.41, 5.74) is 7.31. The minimum atomic E-state index is -0.287. The van der Waals surface area contributed by atoms with Crippen LogP contribution < -0.4 is 16.0 Å². The number of benzene rings is 2. The van der Waals surface area contributed by atoms with Gasteiger partial charge in [0.2, 0.25) is 11.8 Å². The number of rotatable bonds is 14. The Labute approximate surface area is 213 Å². The highest BCUT2D eigenvalue weighted by Gasteiger charge is 2.33. The molecular formula is C28H38N4O4. The van der Waals surface area contributed by atoms with Crippen LogP contribution in [-0.2, 0) is 9.59 Å². The first-order valence-corrected chi connectivity index (χ1v) is 13.0. The molecule has 1 heterocycles. The van der Waals surface area contributed by atoms with Crippen molar-refractivity contribution in [2.45, 2.75) is 65.2 Å². The molecule has 0 saturated carbocycles. The van der Waals surface area contributed by atoms with Crippen molar-refractivity contribution < 1.29 is 19.2 Å². The third-order valence-electron chi connectivity index (χ3n) is 6.66. The molecule has 3 rings (SSSR count). The van der Waals surface area contributed by atoms with Crippen LogP contribution in [0.1, 0.15) is 85.9 Å². The van der Waals surface area contributed by atoms with Crippen molar-refractivity contribution in [2.75, 3.05) is 31.1 Å². The highest BCUT2D eigenvalue weighted by atomic mass is 16.2. The Kier molecular flexibility index (Phi) is 9.99. The van der Waals surface area contributed by atoms with Gasteiger partial charge in [0.1, 0.15) is 0 Å². The molecular weight excluding hydrogens is 456 g/mol. The highest BCUT2D eigenvalue weighted by Crippen LogP contribution is 2.36. The topological polar surface area (TPSA) is 113 Å². The SMILES string of the molecule is CC(=O)NCCCCCCN1C(=O)c2cccc3c(N(CCCCCCN)C(C)=O)ccc(c23)C1=O. The molecule has 0 unspecified atom stereocenters. The molecule has 8 heteroatoms. The quantitative estimate of drug-likeness (QED) is 0.304. The predicted octanol–water partition coefficient (Wildman–Crippen LogP) is 4.00. The van der Waals surface area contributed by atoms with Crippen molar-refractivity contribution >= 4 is 40.1 Å². The molecule has 1 aliphatic rings. The van der Waals surface area contributed by atoms with E-state index < -0.39 is 0 Å². The molecule has 3 N–H and O–H groups in total. The van der Waals surface area contributed by atoms with Crippen LogP contribution >= 0.6 is 0 Å². The lowest BCUT2D eigenvalue weighted by atomic mass is 9.92. The van der Waals surface area contributed by atoms with E-state index in [1.165, 1.54) is 11.8 Å². The van der Waals surface area contributed by atoms with Crippen LogP contribution in [0.15, 0.2) is 30.3 Å². The van der Waals surface area contributed by atoms with E-state index in [9.17, 15) is 19.2 Å². The molecule has 0 radical (unpaired) electrons. The number of nitrogens with two attached hydrogens (primary N) is 1. The summed E-state index contributed by atoms with van der Waals surface area (Å²) in [5, 5.41) is 4.16. The molecule has 36 heavy (non-hydrogen) atoms.